The number of rotatable bonds is 7. The Labute approximate surface area is 183 Å². The summed E-state index contributed by atoms with van der Waals surface area (Å²) in [4.78, 5) is 12.8. The minimum absolute atomic E-state index is 0.0802. The van der Waals surface area contributed by atoms with Crippen LogP contribution < -0.4 is 4.74 Å². The van der Waals surface area contributed by atoms with Crippen molar-refractivity contribution in [3.63, 3.8) is 0 Å². The normalized spacial score (nSPS) is 15.7. The van der Waals surface area contributed by atoms with Crippen molar-refractivity contribution in [3.8, 4) is 16.9 Å². The predicted octanol–water partition coefficient (Wildman–Crippen LogP) is 6.79. The van der Waals surface area contributed by atoms with Gasteiger partial charge in [0.25, 0.3) is 0 Å². The van der Waals surface area contributed by atoms with Crippen LogP contribution in [0.5, 0.6) is 5.75 Å². The summed E-state index contributed by atoms with van der Waals surface area (Å²) in [6, 6.07) is 9.27. The average Bonchev–Trinajstić information content (AvgIpc) is 3.23. The van der Waals surface area contributed by atoms with E-state index in [2.05, 4.69) is 0 Å². The van der Waals surface area contributed by atoms with Gasteiger partial charge in [0.1, 0.15) is 12.4 Å². The third-order valence-corrected chi connectivity index (χ3v) is 5.82. The molecule has 0 saturated heterocycles. The Morgan fingerprint density at radius 3 is 2.32 bits per heavy atom. The minimum Gasteiger partial charge on any atom is -0.483 e. The van der Waals surface area contributed by atoms with Crippen LogP contribution in [0.15, 0.2) is 36.4 Å². The second kappa shape index (κ2) is 9.47. The van der Waals surface area contributed by atoms with Crippen LogP contribution in [-0.2, 0) is 21.6 Å². The Hall–Kier alpha value is -2.28. The summed E-state index contributed by atoms with van der Waals surface area (Å²) in [5.41, 5.74) is 0.697. The van der Waals surface area contributed by atoms with Gasteiger partial charge in [0, 0.05) is 5.56 Å². The van der Waals surface area contributed by atoms with Crippen LogP contribution in [0, 0.1) is 0 Å². The molecule has 0 bridgehead atoms. The molecule has 2 aromatic rings. The number of benzene rings is 2. The van der Waals surface area contributed by atoms with Crippen LogP contribution in [0.3, 0.4) is 0 Å². The number of hydrogen-bond donors (Lipinski definition) is 0. The lowest BCUT2D eigenvalue weighted by molar-refractivity contribution is -0.153. The first kappa shape index (κ1) is 23.4. The van der Waals surface area contributed by atoms with E-state index in [1.54, 1.807) is 25.1 Å². The average molecular weight is 459 g/mol. The van der Waals surface area contributed by atoms with Crippen molar-refractivity contribution < 1.29 is 31.8 Å². The summed E-state index contributed by atoms with van der Waals surface area (Å²) in [5.74, 6) is -0.492. The SMILES string of the molecule is CCOC(=O)C1(c2cc(Cl)c(-c3ccc(CF)cc3)c(OCC(F)(F)F)c2)CCCC1. The largest absolute Gasteiger partial charge is 0.483 e. The van der Waals surface area contributed by atoms with Crippen LogP contribution in [0.1, 0.15) is 43.7 Å². The second-order valence-corrected chi connectivity index (χ2v) is 7.98. The topological polar surface area (TPSA) is 35.5 Å². The molecule has 0 heterocycles. The Kier molecular flexibility index (Phi) is 7.14. The van der Waals surface area contributed by atoms with Crippen molar-refractivity contribution >= 4 is 17.6 Å². The standard InChI is InChI=1S/C23H23ClF4O3/c1-2-30-21(29)22(9-3-4-10-22)17-11-18(24)20(16-7-5-15(13-25)6-8-16)19(12-17)31-14-23(26,27)28/h5-8,11-12H,2-4,9-10,13-14H2,1H3. The molecule has 1 fully saturated rings. The van der Waals surface area contributed by atoms with Gasteiger partial charge in [-0.15, -0.1) is 0 Å². The number of halogens is 5. The van der Waals surface area contributed by atoms with Crippen molar-refractivity contribution in [1.29, 1.82) is 0 Å². The fourth-order valence-electron chi connectivity index (χ4n) is 4.03. The maximum atomic E-state index is 12.9. The molecule has 0 atom stereocenters. The van der Waals surface area contributed by atoms with Gasteiger partial charge < -0.3 is 9.47 Å². The lowest BCUT2D eigenvalue weighted by Gasteiger charge is -2.28. The summed E-state index contributed by atoms with van der Waals surface area (Å²) in [5, 5.41) is 0.151. The number of ether oxygens (including phenoxy) is 2. The molecule has 0 unspecified atom stereocenters. The molecule has 31 heavy (non-hydrogen) atoms. The van der Waals surface area contributed by atoms with Crippen molar-refractivity contribution in [2.24, 2.45) is 0 Å². The van der Waals surface area contributed by atoms with Crippen molar-refractivity contribution in [3.05, 3.63) is 52.5 Å². The molecule has 1 aliphatic carbocycles. The predicted molar refractivity (Wildman–Crippen MR) is 110 cm³/mol. The molecule has 0 radical (unpaired) electrons. The molecule has 0 aliphatic heterocycles. The zero-order chi connectivity index (χ0) is 22.6. The molecular weight excluding hydrogens is 436 g/mol. The number of hydrogen-bond acceptors (Lipinski definition) is 3. The highest BCUT2D eigenvalue weighted by Gasteiger charge is 2.45. The number of carbonyl (C=O) groups is 1. The first-order valence-corrected chi connectivity index (χ1v) is 10.4. The van der Waals surface area contributed by atoms with Gasteiger partial charge in [0.2, 0.25) is 0 Å². The van der Waals surface area contributed by atoms with Crippen LogP contribution >= 0.6 is 11.6 Å². The first-order chi connectivity index (χ1) is 14.7. The number of esters is 1. The fourth-order valence-corrected chi connectivity index (χ4v) is 4.35. The van der Waals surface area contributed by atoms with E-state index in [1.807, 2.05) is 0 Å². The monoisotopic (exact) mass is 458 g/mol. The van der Waals surface area contributed by atoms with E-state index in [4.69, 9.17) is 21.1 Å². The Morgan fingerprint density at radius 2 is 1.77 bits per heavy atom. The van der Waals surface area contributed by atoms with Gasteiger partial charge in [-0.1, -0.05) is 48.7 Å². The number of carbonyl (C=O) groups excluding carboxylic acids is 1. The molecule has 3 rings (SSSR count). The summed E-state index contributed by atoms with van der Waals surface area (Å²) < 4.78 is 62.0. The molecular formula is C23H23ClF4O3. The molecule has 0 amide bonds. The summed E-state index contributed by atoms with van der Waals surface area (Å²) in [7, 11) is 0. The highest BCUT2D eigenvalue weighted by atomic mass is 35.5. The van der Waals surface area contributed by atoms with Gasteiger partial charge in [-0.2, -0.15) is 13.2 Å². The molecule has 0 spiro atoms. The lowest BCUT2D eigenvalue weighted by Crippen LogP contribution is -2.35. The van der Waals surface area contributed by atoms with E-state index in [1.165, 1.54) is 18.2 Å². The summed E-state index contributed by atoms with van der Waals surface area (Å²) >= 11 is 6.53. The zero-order valence-corrected chi connectivity index (χ0v) is 17.8. The molecule has 8 heteroatoms. The minimum atomic E-state index is -4.55. The second-order valence-electron chi connectivity index (χ2n) is 7.58. The molecule has 1 saturated carbocycles. The van der Waals surface area contributed by atoms with E-state index < -0.39 is 30.8 Å². The first-order valence-electron chi connectivity index (χ1n) is 10.1. The van der Waals surface area contributed by atoms with Gasteiger partial charge in [-0.05, 0) is 48.6 Å². The molecule has 0 N–H and O–H groups in total. The van der Waals surface area contributed by atoms with Gasteiger partial charge in [0.05, 0.1) is 17.0 Å². The van der Waals surface area contributed by atoms with E-state index in [0.29, 0.717) is 29.5 Å². The van der Waals surface area contributed by atoms with Crippen molar-refractivity contribution in [1.82, 2.24) is 0 Å². The van der Waals surface area contributed by atoms with Gasteiger partial charge >= 0.3 is 12.1 Å². The smallest absolute Gasteiger partial charge is 0.422 e. The maximum Gasteiger partial charge on any atom is 0.422 e. The quantitative estimate of drug-likeness (QED) is 0.338. The molecule has 2 aromatic carbocycles. The molecule has 3 nitrogen and oxygen atoms in total. The van der Waals surface area contributed by atoms with Crippen molar-refractivity contribution in [2.45, 2.75) is 50.9 Å². The lowest BCUT2D eigenvalue weighted by atomic mass is 9.78. The third-order valence-electron chi connectivity index (χ3n) is 5.52. The maximum absolute atomic E-state index is 12.9. The third kappa shape index (κ3) is 5.14. The van der Waals surface area contributed by atoms with Gasteiger partial charge in [-0.25, -0.2) is 4.39 Å². The van der Waals surface area contributed by atoms with Crippen LogP contribution in [0.25, 0.3) is 11.1 Å². The van der Waals surface area contributed by atoms with E-state index in [0.717, 1.165) is 12.8 Å². The summed E-state index contributed by atoms with van der Waals surface area (Å²) in [6.07, 6.45) is -1.93. The van der Waals surface area contributed by atoms with E-state index >= 15 is 0 Å². The Bertz CT molecular complexity index is 920. The highest BCUT2D eigenvalue weighted by Crippen LogP contribution is 2.47. The summed E-state index contributed by atoms with van der Waals surface area (Å²) in [6.45, 7) is -0.262. The van der Waals surface area contributed by atoms with E-state index in [-0.39, 0.29) is 22.9 Å². The van der Waals surface area contributed by atoms with Crippen molar-refractivity contribution in [2.75, 3.05) is 13.2 Å². The highest BCUT2D eigenvalue weighted by molar-refractivity contribution is 6.33. The Morgan fingerprint density at radius 1 is 1.13 bits per heavy atom. The Balaban J connectivity index is 2.12. The molecule has 0 aromatic heterocycles. The molecule has 1 aliphatic rings. The van der Waals surface area contributed by atoms with Crippen LogP contribution in [-0.4, -0.2) is 25.4 Å². The van der Waals surface area contributed by atoms with Gasteiger partial charge in [0.15, 0.2) is 6.61 Å². The fraction of sp³-hybridized carbons (Fsp3) is 0.435. The van der Waals surface area contributed by atoms with Crippen LogP contribution in [0.2, 0.25) is 5.02 Å². The van der Waals surface area contributed by atoms with Crippen LogP contribution in [0.4, 0.5) is 17.6 Å². The van der Waals surface area contributed by atoms with Gasteiger partial charge in [-0.3, -0.25) is 4.79 Å². The molecule has 168 valence electrons. The van der Waals surface area contributed by atoms with E-state index in [9.17, 15) is 22.4 Å². The zero-order valence-electron chi connectivity index (χ0n) is 17.0. The number of alkyl halides is 4.